The highest BCUT2D eigenvalue weighted by molar-refractivity contribution is 5.25. The average molecular weight is 432 g/mol. The van der Waals surface area contributed by atoms with Crippen LogP contribution in [0.15, 0.2) is 67.0 Å². The van der Waals surface area contributed by atoms with E-state index in [1.807, 2.05) is 18.3 Å². The standard InChI is InChI=1S/C26H33N5O/c32-26-9-5-15-29-25(26)19-27-16-20-10-12-21(13-11-20)17-30-23-7-1-2-8-24(23)31-18-22-6-3-4-14-28-22/h3-6,9-15,23-24,27,30-32H,1-2,7-8,16-19H2/t23-,24+/m0/s1. The first kappa shape index (κ1) is 22.4. The smallest absolute Gasteiger partial charge is 0.138 e. The van der Waals surface area contributed by atoms with E-state index >= 15 is 0 Å². The molecular formula is C26H33N5O. The molecule has 0 bridgehead atoms. The molecule has 1 aliphatic carbocycles. The first-order valence-electron chi connectivity index (χ1n) is 11.6. The largest absolute Gasteiger partial charge is 0.506 e. The molecule has 1 fully saturated rings. The maximum absolute atomic E-state index is 9.80. The third-order valence-corrected chi connectivity index (χ3v) is 6.12. The Kier molecular flexibility index (Phi) is 8.20. The normalized spacial score (nSPS) is 18.5. The monoisotopic (exact) mass is 431 g/mol. The van der Waals surface area contributed by atoms with E-state index in [0.717, 1.165) is 25.3 Å². The van der Waals surface area contributed by atoms with E-state index in [9.17, 15) is 5.11 Å². The molecule has 0 saturated heterocycles. The lowest BCUT2D eigenvalue weighted by Crippen LogP contribution is -2.49. The highest BCUT2D eigenvalue weighted by Gasteiger charge is 2.24. The van der Waals surface area contributed by atoms with Gasteiger partial charge in [0.1, 0.15) is 5.75 Å². The van der Waals surface area contributed by atoms with Crippen molar-refractivity contribution < 1.29 is 5.11 Å². The Morgan fingerprint density at radius 1 is 0.719 bits per heavy atom. The van der Waals surface area contributed by atoms with Crippen molar-refractivity contribution in [3.05, 3.63) is 89.5 Å². The summed E-state index contributed by atoms with van der Waals surface area (Å²) in [5.74, 6) is 0.233. The Labute approximate surface area is 190 Å². The van der Waals surface area contributed by atoms with E-state index in [4.69, 9.17) is 0 Å². The topological polar surface area (TPSA) is 82.1 Å². The van der Waals surface area contributed by atoms with Crippen LogP contribution in [0.4, 0.5) is 0 Å². The van der Waals surface area contributed by atoms with Crippen LogP contribution in [0.5, 0.6) is 5.75 Å². The second kappa shape index (κ2) is 11.7. The zero-order chi connectivity index (χ0) is 22.0. The summed E-state index contributed by atoms with van der Waals surface area (Å²) in [5.41, 5.74) is 4.29. The van der Waals surface area contributed by atoms with Crippen LogP contribution in [0, 0.1) is 0 Å². The van der Waals surface area contributed by atoms with Gasteiger partial charge in [0.2, 0.25) is 0 Å². The number of aromatic hydroxyl groups is 1. The molecule has 0 unspecified atom stereocenters. The van der Waals surface area contributed by atoms with E-state index in [0.29, 0.717) is 24.3 Å². The Bertz CT molecular complexity index is 948. The molecule has 168 valence electrons. The van der Waals surface area contributed by atoms with Crippen LogP contribution >= 0.6 is 0 Å². The van der Waals surface area contributed by atoms with Crippen LogP contribution in [-0.2, 0) is 26.2 Å². The van der Waals surface area contributed by atoms with Crippen molar-refractivity contribution in [3.8, 4) is 5.75 Å². The molecule has 6 heteroatoms. The second-order valence-corrected chi connectivity index (χ2v) is 8.47. The molecule has 0 amide bonds. The lowest BCUT2D eigenvalue weighted by molar-refractivity contribution is 0.280. The predicted molar refractivity (Wildman–Crippen MR) is 127 cm³/mol. The van der Waals surface area contributed by atoms with Gasteiger partial charge < -0.3 is 21.1 Å². The minimum Gasteiger partial charge on any atom is -0.506 e. The van der Waals surface area contributed by atoms with Crippen molar-refractivity contribution in [2.24, 2.45) is 0 Å². The van der Waals surface area contributed by atoms with Crippen LogP contribution in [-0.4, -0.2) is 27.2 Å². The highest BCUT2D eigenvalue weighted by Crippen LogP contribution is 2.20. The van der Waals surface area contributed by atoms with Gasteiger partial charge in [-0.25, -0.2) is 0 Å². The number of rotatable bonds is 10. The Morgan fingerprint density at radius 3 is 2.09 bits per heavy atom. The summed E-state index contributed by atoms with van der Waals surface area (Å²) in [6, 6.07) is 19.2. The molecule has 1 saturated carbocycles. The SMILES string of the molecule is Oc1cccnc1CNCc1ccc(CN[C@H]2CCCC[C@H]2NCc2ccccn2)cc1. The van der Waals surface area contributed by atoms with Gasteiger partial charge in [-0.3, -0.25) is 9.97 Å². The van der Waals surface area contributed by atoms with Gasteiger partial charge in [0.25, 0.3) is 0 Å². The van der Waals surface area contributed by atoms with Crippen molar-refractivity contribution in [1.29, 1.82) is 0 Å². The van der Waals surface area contributed by atoms with E-state index in [1.165, 1.54) is 36.8 Å². The van der Waals surface area contributed by atoms with Gasteiger partial charge in [0.15, 0.2) is 0 Å². The van der Waals surface area contributed by atoms with Crippen molar-refractivity contribution in [1.82, 2.24) is 25.9 Å². The first-order valence-corrected chi connectivity index (χ1v) is 11.6. The molecule has 4 N–H and O–H groups in total. The minimum absolute atomic E-state index is 0.233. The van der Waals surface area contributed by atoms with Gasteiger partial charge in [-0.1, -0.05) is 43.2 Å². The van der Waals surface area contributed by atoms with Crippen LogP contribution in [0.1, 0.15) is 48.2 Å². The molecule has 0 aliphatic heterocycles. The van der Waals surface area contributed by atoms with Gasteiger partial charge in [0.05, 0.1) is 11.4 Å². The summed E-state index contributed by atoms with van der Waals surface area (Å²) in [6.45, 7) is 2.99. The summed E-state index contributed by atoms with van der Waals surface area (Å²) < 4.78 is 0. The lowest BCUT2D eigenvalue weighted by Gasteiger charge is -2.33. The fourth-order valence-corrected chi connectivity index (χ4v) is 4.27. The first-order chi connectivity index (χ1) is 15.8. The Balaban J connectivity index is 1.22. The van der Waals surface area contributed by atoms with Gasteiger partial charge in [-0.2, -0.15) is 0 Å². The third-order valence-electron chi connectivity index (χ3n) is 6.12. The van der Waals surface area contributed by atoms with Gasteiger partial charge >= 0.3 is 0 Å². The molecule has 0 radical (unpaired) electrons. The molecule has 2 atom stereocenters. The lowest BCUT2D eigenvalue weighted by atomic mass is 9.90. The molecule has 3 aromatic rings. The average Bonchev–Trinajstić information content (AvgIpc) is 2.84. The number of hydrogen-bond acceptors (Lipinski definition) is 6. The quantitative estimate of drug-likeness (QED) is 0.392. The molecule has 0 spiro atoms. The number of pyridine rings is 2. The zero-order valence-corrected chi connectivity index (χ0v) is 18.5. The minimum atomic E-state index is 0.233. The maximum Gasteiger partial charge on any atom is 0.138 e. The van der Waals surface area contributed by atoms with Crippen molar-refractivity contribution in [2.45, 2.75) is 63.9 Å². The Hall–Kier alpha value is -2.80. The molecule has 2 aromatic heterocycles. The molecule has 2 heterocycles. The summed E-state index contributed by atoms with van der Waals surface area (Å²) in [6.07, 6.45) is 8.55. The Morgan fingerprint density at radius 2 is 1.41 bits per heavy atom. The van der Waals surface area contributed by atoms with Crippen molar-refractivity contribution >= 4 is 0 Å². The van der Waals surface area contributed by atoms with E-state index in [-0.39, 0.29) is 5.75 Å². The van der Waals surface area contributed by atoms with E-state index < -0.39 is 0 Å². The predicted octanol–water partition coefficient (Wildman–Crippen LogP) is 3.66. The fraction of sp³-hybridized carbons (Fsp3) is 0.385. The number of hydrogen-bond donors (Lipinski definition) is 4. The molecule has 4 rings (SSSR count). The number of nitrogens with zero attached hydrogens (tertiary/aromatic N) is 2. The van der Waals surface area contributed by atoms with Crippen molar-refractivity contribution in [2.75, 3.05) is 0 Å². The van der Waals surface area contributed by atoms with Gasteiger partial charge in [-0.05, 0) is 48.2 Å². The fourth-order valence-electron chi connectivity index (χ4n) is 4.27. The summed E-state index contributed by atoms with van der Waals surface area (Å²) in [7, 11) is 0. The maximum atomic E-state index is 9.80. The van der Waals surface area contributed by atoms with Crippen LogP contribution in [0.25, 0.3) is 0 Å². The molecule has 6 nitrogen and oxygen atoms in total. The number of benzene rings is 1. The highest BCUT2D eigenvalue weighted by atomic mass is 16.3. The molecular weight excluding hydrogens is 398 g/mol. The molecule has 1 aliphatic rings. The van der Waals surface area contributed by atoms with Gasteiger partial charge in [0, 0.05) is 50.7 Å². The number of aromatic nitrogens is 2. The van der Waals surface area contributed by atoms with Crippen LogP contribution in [0.3, 0.4) is 0 Å². The summed E-state index contributed by atoms with van der Waals surface area (Å²) >= 11 is 0. The summed E-state index contributed by atoms with van der Waals surface area (Å²) in [4.78, 5) is 8.63. The molecule has 1 aromatic carbocycles. The van der Waals surface area contributed by atoms with Gasteiger partial charge in [-0.15, -0.1) is 0 Å². The van der Waals surface area contributed by atoms with Crippen molar-refractivity contribution in [3.63, 3.8) is 0 Å². The molecule has 32 heavy (non-hydrogen) atoms. The van der Waals surface area contributed by atoms with E-state index in [2.05, 4.69) is 56.3 Å². The van der Waals surface area contributed by atoms with E-state index in [1.54, 1.807) is 18.3 Å². The summed E-state index contributed by atoms with van der Waals surface area (Å²) in [5, 5.41) is 20.6. The van der Waals surface area contributed by atoms with Crippen LogP contribution in [0.2, 0.25) is 0 Å². The van der Waals surface area contributed by atoms with Crippen LogP contribution < -0.4 is 16.0 Å². The second-order valence-electron chi connectivity index (χ2n) is 8.47. The number of nitrogens with one attached hydrogen (secondary N) is 3. The zero-order valence-electron chi connectivity index (χ0n) is 18.5. The third kappa shape index (κ3) is 6.60.